The number of rotatable bonds is 7. The van der Waals surface area contributed by atoms with Gasteiger partial charge in [0.2, 0.25) is 5.91 Å². The van der Waals surface area contributed by atoms with Crippen molar-refractivity contribution in [3.05, 3.63) is 36.1 Å². The molecule has 0 atom stereocenters. The summed E-state index contributed by atoms with van der Waals surface area (Å²) in [4.78, 5) is 26.4. The Balaban J connectivity index is 1.41. The molecular weight excluding hydrogens is 362 g/mol. The Bertz CT molecular complexity index is 794. The van der Waals surface area contributed by atoms with E-state index in [0.29, 0.717) is 49.9 Å². The normalized spacial score (nSPS) is 14.6. The first kappa shape index (κ1) is 19.7. The van der Waals surface area contributed by atoms with E-state index < -0.39 is 0 Å². The molecule has 0 aliphatic carbocycles. The van der Waals surface area contributed by atoms with Crippen LogP contribution in [0.15, 0.2) is 34.9 Å². The van der Waals surface area contributed by atoms with Crippen LogP contribution in [0.25, 0.3) is 0 Å². The van der Waals surface area contributed by atoms with Crippen molar-refractivity contribution >= 4 is 17.6 Å². The molecule has 8 heteroatoms. The fourth-order valence-corrected chi connectivity index (χ4v) is 3.08. The standard InChI is InChI=1S/C20H25N3O5/c1-3-26-16-4-6-17(7-5-16)27-13-19(24)23-10-8-15(9-11-23)20(25)21-18-12-14(2)28-22-18/h4-7,12,15H,3,8-11,13H2,1-2H3,(H,21,22,25). The molecule has 1 aliphatic heterocycles. The summed E-state index contributed by atoms with van der Waals surface area (Å²) < 4.78 is 15.9. The van der Waals surface area contributed by atoms with Gasteiger partial charge in [0.05, 0.1) is 6.61 Å². The lowest BCUT2D eigenvalue weighted by Gasteiger charge is -2.31. The zero-order valence-corrected chi connectivity index (χ0v) is 16.1. The lowest BCUT2D eigenvalue weighted by Crippen LogP contribution is -2.43. The third-order valence-corrected chi connectivity index (χ3v) is 4.59. The van der Waals surface area contributed by atoms with E-state index in [-0.39, 0.29) is 24.3 Å². The number of hydrogen-bond acceptors (Lipinski definition) is 6. The molecule has 1 aromatic carbocycles. The molecule has 1 fully saturated rings. The number of piperidine rings is 1. The number of nitrogens with zero attached hydrogens (tertiary/aromatic N) is 2. The summed E-state index contributed by atoms with van der Waals surface area (Å²) in [7, 11) is 0. The van der Waals surface area contributed by atoms with E-state index in [2.05, 4.69) is 10.5 Å². The van der Waals surface area contributed by atoms with Gasteiger partial charge in [-0.1, -0.05) is 5.16 Å². The Morgan fingerprint density at radius 1 is 1.18 bits per heavy atom. The van der Waals surface area contributed by atoms with E-state index in [1.807, 2.05) is 19.1 Å². The Kier molecular flexibility index (Phi) is 6.52. The van der Waals surface area contributed by atoms with Crippen LogP contribution in [-0.2, 0) is 9.59 Å². The Morgan fingerprint density at radius 2 is 1.82 bits per heavy atom. The number of amides is 2. The molecule has 2 aromatic rings. The molecule has 1 aliphatic rings. The number of nitrogens with one attached hydrogen (secondary N) is 1. The monoisotopic (exact) mass is 387 g/mol. The Morgan fingerprint density at radius 3 is 2.39 bits per heavy atom. The van der Waals surface area contributed by atoms with Crippen molar-refractivity contribution in [2.75, 3.05) is 31.6 Å². The number of ether oxygens (including phenoxy) is 2. The highest BCUT2D eigenvalue weighted by atomic mass is 16.5. The number of hydrogen-bond donors (Lipinski definition) is 1. The largest absolute Gasteiger partial charge is 0.494 e. The van der Waals surface area contributed by atoms with Crippen molar-refractivity contribution in [1.29, 1.82) is 0 Å². The molecule has 0 unspecified atom stereocenters. The van der Waals surface area contributed by atoms with Crippen LogP contribution in [0.1, 0.15) is 25.5 Å². The highest BCUT2D eigenvalue weighted by molar-refractivity contribution is 5.91. The minimum absolute atomic E-state index is 0.0247. The van der Waals surface area contributed by atoms with E-state index in [1.54, 1.807) is 30.0 Å². The Labute approximate surface area is 163 Å². The number of carbonyl (C=O) groups is 2. The molecule has 0 spiro atoms. The van der Waals surface area contributed by atoms with Crippen LogP contribution in [0.2, 0.25) is 0 Å². The van der Waals surface area contributed by atoms with Crippen LogP contribution >= 0.6 is 0 Å². The topological polar surface area (TPSA) is 93.9 Å². The lowest BCUT2D eigenvalue weighted by molar-refractivity contribution is -0.136. The van der Waals surface area contributed by atoms with Crippen molar-refractivity contribution in [2.24, 2.45) is 5.92 Å². The summed E-state index contributed by atoms with van der Waals surface area (Å²) in [5.41, 5.74) is 0. The zero-order valence-electron chi connectivity index (χ0n) is 16.1. The molecule has 0 bridgehead atoms. The molecule has 8 nitrogen and oxygen atoms in total. The summed E-state index contributed by atoms with van der Waals surface area (Å²) in [6.45, 7) is 5.32. The van der Waals surface area contributed by atoms with Crippen LogP contribution in [0, 0.1) is 12.8 Å². The zero-order chi connectivity index (χ0) is 19.9. The summed E-state index contributed by atoms with van der Waals surface area (Å²) >= 11 is 0. The van der Waals surface area contributed by atoms with Gasteiger partial charge in [-0.25, -0.2) is 0 Å². The average Bonchev–Trinajstić information content (AvgIpc) is 3.12. The molecule has 28 heavy (non-hydrogen) atoms. The number of carbonyl (C=O) groups excluding carboxylic acids is 2. The molecule has 1 saturated heterocycles. The van der Waals surface area contributed by atoms with Gasteiger partial charge in [0.15, 0.2) is 12.4 Å². The van der Waals surface area contributed by atoms with Crippen LogP contribution in [0.4, 0.5) is 5.82 Å². The van der Waals surface area contributed by atoms with Crippen LogP contribution < -0.4 is 14.8 Å². The molecule has 0 saturated carbocycles. The van der Waals surface area contributed by atoms with Gasteiger partial charge in [0, 0.05) is 25.1 Å². The predicted molar refractivity (Wildman–Crippen MR) is 102 cm³/mol. The van der Waals surface area contributed by atoms with Crippen molar-refractivity contribution < 1.29 is 23.6 Å². The fraction of sp³-hybridized carbons (Fsp3) is 0.450. The van der Waals surface area contributed by atoms with Gasteiger partial charge in [-0.15, -0.1) is 0 Å². The highest BCUT2D eigenvalue weighted by Gasteiger charge is 2.28. The van der Waals surface area contributed by atoms with Gasteiger partial charge in [-0.2, -0.15) is 0 Å². The van der Waals surface area contributed by atoms with E-state index >= 15 is 0 Å². The van der Waals surface area contributed by atoms with Crippen molar-refractivity contribution in [3.8, 4) is 11.5 Å². The highest BCUT2D eigenvalue weighted by Crippen LogP contribution is 2.21. The summed E-state index contributed by atoms with van der Waals surface area (Å²) in [6.07, 6.45) is 1.22. The van der Waals surface area contributed by atoms with Crippen LogP contribution in [0.3, 0.4) is 0 Å². The predicted octanol–water partition coefficient (Wildman–Crippen LogP) is 2.64. The molecular formula is C20H25N3O5. The number of aryl methyl sites for hydroxylation is 1. The quantitative estimate of drug-likeness (QED) is 0.785. The maximum Gasteiger partial charge on any atom is 0.260 e. The van der Waals surface area contributed by atoms with E-state index in [0.717, 1.165) is 5.75 Å². The molecule has 0 radical (unpaired) electrons. The van der Waals surface area contributed by atoms with Crippen molar-refractivity contribution in [3.63, 3.8) is 0 Å². The van der Waals surface area contributed by atoms with Crippen molar-refractivity contribution in [2.45, 2.75) is 26.7 Å². The SMILES string of the molecule is CCOc1ccc(OCC(=O)N2CCC(C(=O)Nc3cc(C)on3)CC2)cc1. The molecule has 3 rings (SSSR count). The van der Waals surface area contributed by atoms with E-state index in [1.165, 1.54) is 0 Å². The molecule has 1 aromatic heterocycles. The van der Waals surface area contributed by atoms with E-state index in [9.17, 15) is 9.59 Å². The summed E-state index contributed by atoms with van der Waals surface area (Å²) in [5.74, 6) is 2.13. The molecule has 150 valence electrons. The number of benzene rings is 1. The van der Waals surface area contributed by atoms with Gasteiger partial charge in [0.25, 0.3) is 5.91 Å². The first-order valence-electron chi connectivity index (χ1n) is 9.42. The van der Waals surface area contributed by atoms with Crippen LogP contribution in [-0.4, -0.2) is 48.2 Å². The van der Waals surface area contributed by atoms with Crippen LogP contribution in [0.5, 0.6) is 11.5 Å². The third-order valence-electron chi connectivity index (χ3n) is 4.59. The minimum atomic E-state index is -0.145. The van der Waals surface area contributed by atoms with Gasteiger partial charge in [-0.05, 0) is 51.0 Å². The summed E-state index contributed by atoms with van der Waals surface area (Å²) in [5, 5.41) is 6.52. The second-order valence-corrected chi connectivity index (χ2v) is 6.66. The first-order chi connectivity index (χ1) is 13.5. The van der Waals surface area contributed by atoms with Crippen molar-refractivity contribution in [1.82, 2.24) is 10.1 Å². The fourth-order valence-electron chi connectivity index (χ4n) is 3.08. The molecule has 1 N–H and O–H groups in total. The maximum absolute atomic E-state index is 12.4. The van der Waals surface area contributed by atoms with Gasteiger partial charge >= 0.3 is 0 Å². The first-order valence-corrected chi connectivity index (χ1v) is 9.42. The van der Waals surface area contributed by atoms with Gasteiger partial charge < -0.3 is 24.2 Å². The summed E-state index contributed by atoms with van der Waals surface area (Å²) in [6, 6.07) is 8.85. The second-order valence-electron chi connectivity index (χ2n) is 6.66. The number of anilines is 1. The average molecular weight is 387 g/mol. The smallest absolute Gasteiger partial charge is 0.260 e. The third kappa shape index (κ3) is 5.25. The van der Waals surface area contributed by atoms with E-state index in [4.69, 9.17) is 14.0 Å². The maximum atomic E-state index is 12.4. The number of aromatic nitrogens is 1. The Hall–Kier alpha value is -3.03. The van der Waals surface area contributed by atoms with Gasteiger partial charge in [0.1, 0.15) is 17.3 Å². The number of likely N-dealkylation sites (tertiary alicyclic amines) is 1. The molecule has 2 heterocycles. The van der Waals surface area contributed by atoms with Gasteiger partial charge in [-0.3, -0.25) is 9.59 Å². The minimum Gasteiger partial charge on any atom is -0.494 e. The molecule has 2 amide bonds. The lowest BCUT2D eigenvalue weighted by atomic mass is 9.96. The second kappa shape index (κ2) is 9.25.